The SMILES string of the molecule is CN=C(NCC(C)C(=O)OC)N1CCN(Cc2cc(OC)c(OC)c(OC)c2)CC1. The van der Waals surface area contributed by atoms with E-state index in [1.165, 1.54) is 7.11 Å². The molecular weight excluding hydrogens is 388 g/mol. The number of benzene rings is 1. The molecule has 1 aromatic rings. The highest BCUT2D eigenvalue weighted by Crippen LogP contribution is 2.38. The molecule has 1 N–H and O–H groups in total. The van der Waals surface area contributed by atoms with E-state index < -0.39 is 0 Å². The maximum Gasteiger partial charge on any atom is 0.310 e. The monoisotopic (exact) mass is 422 g/mol. The Labute approximate surface area is 178 Å². The van der Waals surface area contributed by atoms with E-state index in [2.05, 4.69) is 20.1 Å². The minimum Gasteiger partial charge on any atom is -0.493 e. The Balaban J connectivity index is 1.93. The third-order valence-electron chi connectivity index (χ3n) is 5.18. The summed E-state index contributed by atoms with van der Waals surface area (Å²) >= 11 is 0. The van der Waals surface area contributed by atoms with Crippen LogP contribution in [0.15, 0.2) is 17.1 Å². The number of carbonyl (C=O) groups is 1. The third kappa shape index (κ3) is 5.91. The summed E-state index contributed by atoms with van der Waals surface area (Å²) in [4.78, 5) is 20.5. The second-order valence-corrected chi connectivity index (χ2v) is 7.15. The number of nitrogens with zero attached hydrogens (tertiary/aromatic N) is 3. The normalized spacial score (nSPS) is 16.1. The van der Waals surface area contributed by atoms with Crippen molar-refractivity contribution in [2.75, 3.05) is 68.2 Å². The standard InChI is InChI=1S/C21H34N4O5/c1-15(20(26)30-6)13-23-21(22-2)25-9-7-24(8-10-25)14-16-11-17(27-3)19(29-5)18(12-16)28-4/h11-12,15H,7-10,13-14H2,1-6H3,(H,22,23). The average molecular weight is 423 g/mol. The lowest BCUT2D eigenvalue weighted by molar-refractivity contribution is -0.144. The highest BCUT2D eigenvalue weighted by molar-refractivity contribution is 5.81. The number of esters is 1. The molecule has 1 aliphatic rings. The molecule has 168 valence electrons. The summed E-state index contributed by atoms with van der Waals surface area (Å²) in [7, 11) is 8.01. The van der Waals surface area contributed by atoms with Gasteiger partial charge in [-0.05, 0) is 17.7 Å². The van der Waals surface area contributed by atoms with E-state index in [0.29, 0.717) is 23.8 Å². The molecule has 1 saturated heterocycles. The van der Waals surface area contributed by atoms with Crippen LogP contribution in [0.25, 0.3) is 0 Å². The van der Waals surface area contributed by atoms with Crippen molar-refractivity contribution in [2.45, 2.75) is 13.5 Å². The van der Waals surface area contributed by atoms with Gasteiger partial charge in [-0.2, -0.15) is 0 Å². The van der Waals surface area contributed by atoms with E-state index in [4.69, 9.17) is 18.9 Å². The van der Waals surface area contributed by atoms with Gasteiger partial charge in [0.25, 0.3) is 0 Å². The predicted octanol–water partition coefficient (Wildman–Crippen LogP) is 1.21. The first-order valence-electron chi connectivity index (χ1n) is 10.0. The molecular formula is C21H34N4O5. The van der Waals surface area contributed by atoms with Crippen LogP contribution >= 0.6 is 0 Å². The van der Waals surface area contributed by atoms with E-state index in [1.54, 1.807) is 28.4 Å². The summed E-state index contributed by atoms with van der Waals surface area (Å²) in [6.07, 6.45) is 0. The van der Waals surface area contributed by atoms with Crippen LogP contribution in [-0.2, 0) is 16.1 Å². The first-order valence-corrected chi connectivity index (χ1v) is 10.0. The lowest BCUT2D eigenvalue weighted by Gasteiger charge is -2.36. The molecule has 9 nitrogen and oxygen atoms in total. The Morgan fingerprint density at radius 3 is 2.13 bits per heavy atom. The van der Waals surface area contributed by atoms with Crippen molar-refractivity contribution in [1.82, 2.24) is 15.1 Å². The highest BCUT2D eigenvalue weighted by atomic mass is 16.5. The van der Waals surface area contributed by atoms with Gasteiger partial charge in [0.05, 0.1) is 34.4 Å². The summed E-state index contributed by atoms with van der Waals surface area (Å²) in [5, 5.41) is 3.27. The molecule has 0 radical (unpaired) electrons. The van der Waals surface area contributed by atoms with Gasteiger partial charge in [-0.1, -0.05) is 6.92 Å². The quantitative estimate of drug-likeness (QED) is 0.380. The zero-order chi connectivity index (χ0) is 22.1. The van der Waals surface area contributed by atoms with E-state index in [1.807, 2.05) is 19.1 Å². The van der Waals surface area contributed by atoms with Gasteiger partial charge in [-0.25, -0.2) is 0 Å². The van der Waals surface area contributed by atoms with Crippen molar-refractivity contribution in [2.24, 2.45) is 10.9 Å². The largest absolute Gasteiger partial charge is 0.493 e. The van der Waals surface area contributed by atoms with Gasteiger partial charge in [0.1, 0.15) is 0 Å². The van der Waals surface area contributed by atoms with Crippen molar-refractivity contribution >= 4 is 11.9 Å². The van der Waals surface area contributed by atoms with Crippen LogP contribution in [0.4, 0.5) is 0 Å². The first-order chi connectivity index (χ1) is 14.5. The van der Waals surface area contributed by atoms with Crippen LogP contribution in [0.2, 0.25) is 0 Å². The van der Waals surface area contributed by atoms with Crippen molar-refractivity contribution in [3.63, 3.8) is 0 Å². The Kier molecular flexibility index (Phi) is 9.04. The number of aliphatic imine (C=N–C) groups is 1. The number of guanidine groups is 1. The first kappa shape index (κ1) is 23.6. The lowest BCUT2D eigenvalue weighted by Crippen LogP contribution is -2.52. The molecule has 0 aromatic heterocycles. The van der Waals surface area contributed by atoms with Crippen LogP contribution in [0.1, 0.15) is 12.5 Å². The van der Waals surface area contributed by atoms with E-state index in [-0.39, 0.29) is 11.9 Å². The maximum atomic E-state index is 11.6. The van der Waals surface area contributed by atoms with E-state index >= 15 is 0 Å². The molecule has 1 heterocycles. The van der Waals surface area contributed by atoms with Crippen LogP contribution in [-0.4, -0.2) is 89.9 Å². The number of methoxy groups -OCH3 is 4. The molecule has 0 aliphatic carbocycles. The second-order valence-electron chi connectivity index (χ2n) is 7.15. The van der Waals surface area contributed by atoms with Crippen molar-refractivity contribution in [3.8, 4) is 17.2 Å². The fourth-order valence-corrected chi connectivity index (χ4v) is 3.46. The number of ether oxygens (including phenoxy) is 4. The number of nitrogens with one attached hydrogen (secondary N) is 1. The van der Waals surface area contributed by atoms with Gasteiger partial charge in [0.15, 0.2) is 17.5 Å². The van der Waals surface area contributed by atoms with Crippen LogP contribution < -0.4 is 19.5 Å². The molecule has 2 rings (SSSR count). The van der Waals surface area contributed by atoms with Gasteiger partial charge in [-0.3, -0.25) is 14.7 Å². The number of hydrogen-bond donors (Lipinski definition) is 1. The summed E-state index contributed by atoms with van der Waals surface area (Å²) in [6, 6.07) is 3.98. The van der Waals surface area contributed by atoms with E-state index in [0.717, 1.165) is 44.2 Å². The van der Waals surface area contributed by atoms with Crippen LogP contribution in [0, 0.1) is 5.92 Å². The molecule has 1 unspecified atom stereocenters. The Hall–Kier alpha value is -2.68. The molecule has 1 aliphatic heterocycles. The molecule has 0 saturated carbocycles. The fourth-order valence-electron chi connectivity index (χ4n) is 3.46. The Morgan fingerprint density at radius 2 is 1.67 bits per heavy atom. The van der Waals surface area contributed by atoms with Crippen LogP contribution in [0.5, 0.6) is 17.2 Å². The number of carbonyl (C=O) groups excluding carboxylic acids is 1. The van der Waals surface area contributed by atoms with Crippen molar-refractivity contribution in [1.29, 1.82) is 0 Å². The lowest BCUT2D eigenvalue weighted by atomic mass is 10.1. The number of piperazine rings is 1. The minimum atomic E-state index is -0.229. The molecule has 0 spiro atoms. The van der Waals surface area contributed by atoms with Gasteiger partial charge in [0, 0.05) is 46.3 Å². The molecule has 1 atom stereocenters. The van der Waals surface area contributed by atoms with Gasteiger partial charge >= 0.3 is 5.97 Å². The topological polar surface area (TPSA) is 84.9 Å². The predicted molar refractivity (Wildman–Crippen MR) is 115 cm³/mol. The number of hydrogen-bond acceptors (Lipinski definition) is 7. The third-order valence-corrected chi connectivity index (χ3v) is 5.18. The second kappa shape index (κ2) is 11.5. The Bertz CT molecular complexity index is 707. The molecule has 30 heavy (non-hydrogen) atoms. The van der Waals surface area contributed by atoms with Crippen molar-refractivity contribution < 1.29 is 23.7 Å². The Morgan fingerprint density at radius 1 is 1.07 bits per heavy atom. The molecule has 0 bridgehead atoms. The summed E-state index contributed by atoms with van der Waals surface area (Å²) < 4.78 is 21.1. The maximum absolute atomic E-state index is 11.6. The summed E-state index contributed by atoms with van der Waals surface area (Å²) in [5.41, 5.74) is 1.10. The molecule has 0 amide bonds. The summed E-state index contributed by atoms with van der Waals surface area (Å²) in [5.74, 6) is 2.27. The van der Waals surface area contributed by atoms with Gasteiger partial charge in [0.2, 0.25) is 5.75 Å². The zero-order valence-corrected chi connectivity index (χ0v) is 18.9. The molecule has 1 aromatic carbocycles. The number of rotatable bonds is 8. The van der Waals surface area contributed by atoms with Crippen LogP contribution in [0.3, 0.4) is 0 Å². The van der Waals surface area contributed by atoms with E-state index in [9.17, 15) is 4.79 Å². The molecule has 9 heteroatoms. The molecule has 1 fully saturated rings. The van der Waals surface area contributed by atoms with Gasteiger partial charge in [-0.15, -0.1) is 0 Å². The average Bonchev–Trinajstić information content (AvgIpc) is 2.78. The van der Waals surface area contributed by atoms with Crippen molar-refractivity contribution in [3.05, 3.63) is 17.7 Å². The summed E-state index contributed by atoms with van der Waals surface area (Å²) in [6.45, 7) is 6.59. The highest BCUT2D eigenvalue weighted by Gasteiger charge is 2.22. The minimum absolute atomic E-state index is 0.229. The smallest absolute Gasteiger partial charge is 0.310 e. The fraction of sp³-hybridized carbons (Fsp3) is 0.619. The zero-order valence-electron chi connectivity index (χ0n) is 18.9. The van der Waals surface area contributed by atoms with Gasteiger partial charge < -0.3 is 29.2 Å².